The van der Waals surface area contributed by atoms with Crippen LogP contribution in [0.4, 0.5) is 5.69 Å². The van der Waals surface area contributed by atoms with Gasteiger partial charge < -0.3 is 10.1 Å². The van der Waals surface area contributed by atoms with Crippen molar-refractivity contribution in [1.29, 1.82) is 0 Å². The summed E-state index contributed by atoms with van der Waals surface area (Å²) in [7, 11) is -2.11. The monoisotopic (exact) mass is 366 g/mol. The van der Waals surface area contributed by atoms with Crippen molar-refractivity contribution in [3.63, 3.8) is 0 Å². The normalized spacial score (nSPS) is 11.1. The second-order valence-electron chi connectivity index (χ2n) is 4.89. The first-order valence-corrected chi connectivity index (χ1v) is 9.61. The lowest BCUT2D eigenvalue weighted by molar-refractivity contribution is -0.115. The van der Waals surface area contributed by atoms with Gasteiger partial charge in [-0.05, 0) is 48.5 Å². The number of benzene rings is 2. The number of rotatable bonds is 7. The van der Waals surface area contributed by atoms with Crippen molar-refractivity contribution >= 4 is 33.4 Å². The highest BCUT2D eigenvalue weighted by Gasteiger charge is 2.08. The first-order valence-electron chi connectivity index (χ1n) is 7.08. The molecule has 0 aliphatic heterocycles. The largest absolute Gasteiger partial charge is 0.497 e. The van der Waals surface area contributed by atoms with Gasteiger partial charge in [-0.15, -0.1) is 11.8 Å². The Balaban J connectivity index is 1.80. The third-order valence-electron chi connectivity index (χ3n) is 3.12. The van der Waals surface area contributed by atoms with Gasteiger partial charge in [0.1, 0.15) is 5.75 Å². The molecule has 3 N–H and O–H groups in total. The van der Waals surface area contributed by atoms with Gasteiger partial charge in [0.25, 0.3) is 0 Å². The van der Waals surface area contributed by atoms with Crippen molar-refractivity contribution in [3.05, 3.63) is 48.5 Å². The van der Waals surface area contributed by atoms with Crippen LogP contribution < -0.4 is 15.2 Å². The van der Waals surface area contributed by atoms with E-state index in [1.165, 1.54) is 24.3 Å². The molecule has 0 atom stereocenters. The smallest absolute Gasteiger partial charge is 0.238 e. The number of carbonyl (C=O) groups excluding carboxylic acids is 1. The van der Waals surface area contributed by atoms with Gasteiger partial charge in [0, 0.05) is 22.8 Å². The van der Waals surface area contributed by atoms with Crippen LogP contribution in [0.1, 0.15) is 6.42 Å². The Morgan fingerprint density at radius 1 is 1.12 bits per heavy atom. The van der Waals surface area contributed by atoms with Gasteiger partial charge in [0.15, 0.2) is 0 Å². The van der Waals surface area contributed by atoms with Crippen LogP contribution in [0.25, 0.3) is 0 Å². The third-order valence-corrected chi connectivity index (χ3v) is 5.07. The number of amides is 1. The summed E-state index contributed by atoms with van der Waals surface area (Å²) in [4.78, 5) is 13.0. The second-order valence-corrected chi connectivity index (χ2v) is 7.62. The maximum absolute atomic E-state index is 11.9. The Morgan fingerprint density at radius 3 is 2.29 bits per heavy atom. The number of anilines is 1. The molecule has 0 bridgehead atoms. The average molecular weight is 366 g/mol. The van der Waals surface area contributed by atoms with Crippen molar-refractivity contribution in [1.82, 2.24) is 0 Å². The maximum Gasteiger partial charge on any atom is 0.238 e. The van der Waals surface area contributed by atoms with Gasteiger partial charge in [-0.1, -0.05) is 0 Å². The zero-order chi connectivity index (χ0) is 17.6. The number of sulfonamides is 1. The number of hydrogen-bond donors (Lipinski definition) is 2. The number of ether oxygens (including phenoxy) is 1. The topological polar surface area (TPSA) is 98.5 Å². The molecule has 2 aromatic rings. The lowest BCUT2D eigenvalue weighted by atomic mass is 10.3. The van der Waals surface area contributed by atoms with E-state index in [0.717, 1.165) is 10.6 Å². The minimum Gasteiger partial charge on any atom is -0.497 e. The quantitative estimate of drug-likeness (QED) is 0.734. The molecule has 6 nitrogen and oxygen atoms in total. The summed E-state index contributed by atoms with van der Waals surface area (Å²) in [5.41, 5.74) is 0.529. The molecule has 0 radical (unpaired) electrons. The van der Waals surface area contributed by atoms with Crippen LogP contribution in [0.2, 0.25) is 0 Å². The molecular weight excluding hydrogens is 348 g/mol. The number of hydrogen-bond acceptors (Lipinski definition) is 5. The Kier molecular flexibility index (Phi) is 6.24. The van der Waals surface area contributed by atoms with Gasteiger partial charge in [-0.25, -0.2) is 13.6 Å². The van der Waals surface area contributed by atoms with Crippen molar-refractivity contribution in [2.45, 2.75) is 16.2 Å². The zero-order valence-corrected chi connectivity index (χ0v) is 14.7. The van der Waals surface area contributed by atoms with E-state index in [-0.39, 0.29) is 10.8 Å². The van der Waals surface area contributed by atoms with Gasteiger partial charge in [-0.3, -0.25) is 4.79 Å². The first kappa shape index (κ1) is 18.3. The molecule has 0 spiro atoms. The van der Waals surface area contributed by atoms with Crippen LogP contribution in [0.3, 0.4) is 0 Å². The SMILES string of the molecule is COc1ccc(SCCC(=O)Nc2ccc(S(N)(=O)=O)cc2)cc1. The third kappa shape index (κ3) is 5.55. The average Bonchev–Trinajstić information content (AvgIpc) is 2.55. The fourth-order valence-corrected chi connectivity index (χ4v) is 3.25. The van der Waals surface area contributed by atoms with Gasteiger partial charge >= 0.3 is 0 Å². The van der Waals surface area contributed by atoms with Gasteiger partial charge in [0.2, 0.25) is 15.9 Å². The Bertz CT molecular complexity index is 788. The number of methoxy groups -OCH3 is 1. The van der Waals surface area contributed by atoms with Crippen molar-refractivity contribution in [2.24, 2.45) is 5.14 Å². The Morgan fingerprint density at radius 2 is 1.75 bits per heavy atom. The molecule has 0 saturated carbocycles. The molecule has 2 aromatic carbocycles. The van der Waals surface area contributed by atoms with Crippen LogP contribution in [0, 0.1) is 0 Å². The molecule has 0 aliphatic rings. The Hall–Kier alpha value is -2.03. The standard InChI is InChI=1S/C16H18N2O4S2/c1-22-13-4-6-14(7-5-13)23-11-10-16(19)18-12-2-8-15(9-3-12)24(17,20)21/h2-9H,10-11H2,1H3,(H,18,19)(H2,17,20,21). The molecule has 128 valence electrons. The first-order chi connectivity index (χ1) is 11.4. The highest BCUT2D eigenvalue weighted by atomic mass is 32.2. The van der Waals surface area contributed by atoms with E-state index in [1.807, 2.05) is 24.3 Å². The highest BCUT2D eigenvalue weighted by molar-refractivity contribution is 7.99. The summed E-state index contributed by atoms with van der Waals surface area (Å²) in [6.45, 7) is 0. The number of primary sulfonamides is 1. The molecule has 0 aromatic heterocycles. The van der Waals surface area contributed by atoms with Gasteiger partial charge in [0.05, 0.1) is 12.0 Å². The number of nitrogens with two attached hydrogens (primary N) is 1. The van der Waals surface area contributed by atoms with E-state index in [9.17, 15) is 13.2 Å². The van der Waals surface area contributed by atoms with Crippen LogP contribution in [0.5, 0.6) is 5.75 Å². The maximum atomic E-state index is 11.9. The predicted molar refractivity (Wildman–Crippen MR) is 94.8 cm³/mol. The zero-order valence-electron chi connectivity index (χ0n) is 13.1. The fraction of sp³-hybridized carbons (Fsp3) is 0.188. The lowest BCUT2D eigenvalue weighted by Gasteiger charge is -2.06. The fourth-order valence-electron chi connectivity index (χ4n) is 1.88. The van der Waals surface area contributed by atoms with E-state index in [2.05, 4.69) is 5.32 Å². The highest BCUT2D eigenvalue weighted by Crippen LogP contribution is 2.22. The molecule has 8 heteroatoms. The molecule has 0 saturated heterocycles. The van der Waals surface area contributed by atoms with E-state index in [0.29, 0.717) is 17.9 Å². The molecule has 0 heterocycles. The summed E-state index contributed by atoms with van der Waals surface area (Å²) < 4.78 is 27.4. The van der Waals surface area contributed by atoms with Crippen molar-refractivity contribution in [2.75, 3.05) is 18.2 Å². The number of nitrogens with one attached hydrogen (secondary N) is 1. The van der Waals surface area contributed by atoms with Crippen LogP contribution >= 0.6 is 11.8 Å². The molecule has 2 rings (SSSR count). The van der Waals surface area contributed by atoms with E-state index in [1.54, 1.807) is 18.9 Å². The van der Waals surface area contributed by atoms with Crippen molar-refractivity contribution < 1.29 is 17.9 Å². The lowest BCUT2D eigenvalue weighted by Crippen LogP contribution is -2.14. The van der Waals surface area contributed by atoms with Crippen LogP contribution in [-0.2, 0) is 14.8 Å². The Labute approximate surface area is 145 Å². The summed E-state index contributed by atoms with van der Waals surface area (Å²) in [5, 5.41) is 7.74. The van der Waals surface area contributed by atoms with E-state index >= 15 is 0 Å². The molecule has 1 amide bonds. The summed E-state index contributed by atoms with van der Waals surface area (Å²) in [6, 6.07) is 13.3. The van der Waals surface area contributed by atoms with Gasteiger partial charge in [-0.2, -0.15) is 0 Å². The minimum absolute atomic E-state index is 0.00978. The summed E-state index contributed by atoms with van der Waals surface area (Å²) in [6.07, 6.45) is 0.341. The summed E-state index contributed by atoms with van der Waals surface area (Å²) in [5.74, 6) is 1.28. The van der Waals surface area contributed by atoms with Crippen LogP contribution in [0.15, 0.2) is 58.3 Å². The predicted octanol–water partition coefficient (Wildman–Crippen LogP) is 2.46. The second kappa shape index (κ2) is 8.18. The van der Waals surface area contributed by atoms with E-state index in [4.69, 9.17) is 9.88 Å². The number of thioether (sulfide) groups is 1. The number of carbonyl (C=O) groups is 1. The molecule has 0 fully saturated rings. The van der Waals surface area contributed by atoms with E-state index < -0.39 is 10.0 Å². The summed E-state index contributed by atoms with van der Waals surface area (Å²) >= 11 is 1.57. The van der Waals surface area contributed by atoms with Crippen LogP contribution in [-0.4, -0.2) is 27.2 Å². The molecule has 24 heavy (non-hydrogen) atoms. The molecular formula is C16H18N2O4S2. The van der Waals surface area contributed by atoms with Crippen molar-refractivity contribution in [3.8, 4) is 5.75 Å². The molecule has 0 unspecified atom stereocenters. The minimum atomic E-state index is -3.72. The molecule has 0 aliphatic carbocycles.